The molecule has 0 aliphatic rings. The molecule has 0 radical (unpaired) electrons. The molecule has 0 amide bonds. The van der Waals surface area contributed by atoms with Crippen LogP contribution in [-0.4, -0.2) is 16.2 Å². The molecule has 0 spiro atoms. The van der Waals surface area contributed by atoms with Crippen molar-refractivity contribution in [2.75, 3.05) is 6.54 Å². The van der Waals surface area contributed by atoms with Gasteiger partial charge in [-0.1, -0.05) is 52.5 Å². The third kappa shape index (κ3) is 4.07. The zero-order chi connectivity index (χ0) is 15.1. The van der Waals surface area contributed by atoms with Crippen LogP contribution >= 0.6 is 0 Å². The minimum atomic E-state index is 0.414. The molecule has 116 valence electrons. The Morgan fingerprint density at radius 1 is 1.24 bits per heavy atom. The van der Waals surface area contributed by atoms with E-state index in [9.17, 15) is 0 Å². The van der Waals surface area contributed by atoms with Gasteiger partial charge in [-0.25, -0.2) is 4.52 Å². The molecule has 3 heteroatoms. The van der Waals surface area contributed by atoms with Crippen LogP contribution in [0.25, 0.3) is 5.52 Å². The first-order valence-corrected chi connectivity index (χ1v) is 8.45. The van der Waals surface area contributed by atoms with Gasteiger partial charge < -0.3 is 5.32 Å². The number of fused-ring (bicyclic) bond motifs is 1. The fraction of sp³-hybridized carbons (Fsp3) is 0.611. The summed E-state index contributed by atoms with van der Waals surface area (Å²) in [7, 11) is 0. The summed E-state index contributed by atoms with van der Waals surface area (Å²) in [6, 6.07) is 6.70. The summed E-state index contributed by atoms with van der Waals surface area (Å²) in [4.78, 5) is 0. The molecule has 21 heavy (non-hydrogen) atoms. The summed E-state index contributed by atoms with van der Waals surface area (Å²) in [6.45, 7) is 7.78. The molecule has 3 nitrogen and oxygen atoms in total. The van der Waals surface area contributed by atoms with E-state index in [0.717, 1.165) is 12.5 Å². The third-order valence-electron chi connectivity index (χ3n) is 4.39. The summed E-state index contributed by atoms with van der Waals surface area (Å²) in [5, 5.41) is 8.16. The Balaban J connectivity index is 2.17. The van der Waals surface area contributed by atoms with Gasteiger partial charge in [-0.2, -0.15) is 5.10 Å². The molecule has 2 unspecified atom stereocenters. The molecule has 0 saturated carbocycles. The predicted octanol–water partition coefficient (Wildman–Crippen LogP) is 4.59. The van der Waals surface area contributed by atoms with Crippen molar-refractivity contribution in [3.63, 3.8) is 0 Å². The van der Waals surface area contributed by atoms with Crippen LogP contribution in [0.5, 0.6) is 0 Å². The van der Waals surface area contributed by atoms with Crippen LogP contribution in [0.4, 0.5) is 0 Å². The first kappa shape index (κ1) is 16.0. The zero-order valence-electron chi connectivity index (χ0n) is 13.7. The number of nitrogens with zero attached hydrogens (tertiary/aromatic N) is 2. The standard InChI is InChI=1S/C18H29N3/c1-4-7-10-15(5-2)13-17(19-6-3)16-14-20-21-12-9-8-11-18(16)21/h8-9,11-12,14-15,17,19H,4-7,10,13H2,1-3H3. The molecule has 0 aliphatic heterocycles. The van der Waals surface area contributed by atoms with Crippen molar-refractivity contribution in [3.05, 3.63) is 36.2 Å². The molecular formula is C18H29N3. The Morgan fingerprint density at radius 2 is 2.10 bits per heavy atom. The number of nitrogens with one attached hydrogen (secondary N) is 1. The van der Waals surface area contributed by atoms with Crippen molar-refractivity contribution in [2.45, 2.75) is 58.9 Å². The Hall–Kier alpha value is -1.35. The maximum atomic E-state index is 4.49. The monoisotopic (exact) mass is 287 g/mol. The highest BCUT2D eigenvalue weighted by Crippen LogP contribution is 2.29. The van der Waals surface area contributed by atoms with E-state index in [0.29, 0.717) is 6.04 Å². The van der Waals surface area contributed by atoms with Crippen molar-refractivity contribution < 1.29 is 0 Å². The fourth-order valence-electron chi connectivity index (χ4n) is 3.10. The quantitative estimate of drug-likeness (QED) is 0.731. The molecule has 2 heterocycles. The lowest BCUT2D eigenvalue weighted by atomic mass is 9.89. The van der Waals surface area contributed by atoms with Gasteiger partial charge in [0, 0.05) is 17.8 Å². The van der Waals surface area contributed by atoms with Crippen molar-refractivity contribution >= 4 is 5.52 Å². The average Bonchev–Trinajstić information content (AvgIpc) is 2.94. The highest BCUT2D eigenvalue weighted by molar-refractivity contribution is 5.54. The van der Waals surface area contributed by atoms with Crippen LogP contribution < -0.4 is 5.32 Å². The molecule has 0 aliphatic carbocycles. The van der Waals surface area contributed by atoms with Gasteiger partial charge in [0.25, 0.3) is 0 Å². The van der Waals surface area contributed by atoms with Gasteiger partial charge in [-0.3, -0.25) is 0 Å². The number of rotatable bonds is 9. The minimum Gasteiger partial charge on any atom is -0.310 e. The van der Waals surface area contributed by atoms with Gasteiger partial charge >= 0.3 is 0 Å². The number of hydrogen-bond donors (Lipinski definition) is 1. The highest BCUT2D eigenvalue weighted by atomic mass is 15.2. The van der Waals surface area contributed by atoms with E-state index >= 15 is 0 Å². The molecule has 0 bridgehead atoms. The van der Waals surface area contributed by atoms with Crippen LogP contribution in [0, 0.1) is 5.92 Å². The molecular weight excluding hydrogens is 258 g/mol. The van der Waals surface area contributed by atoms with Gasteiger partial charge in [0.2, 0.25) is 0 Å². The lowest BCUT2D eigenvalue weighted by Gasteiger charge is -2.23. The maximum absolute atomic E-state index is 4.49. The van der Waals surface area contributed by atoms with Gasteiger partial charge in [0.1, 0.15) is 0 Å². The molecule has 2 aromatic rings. The minimum absolute atomic E-state index is 0.414. The second-order valence-corrected chi connectivity index (χ2v) is 5.89. The number of hydrogen-bond acceptors (Lipinski definition) is 2. The van der Waals surface area contributed by atoms with Gasteiger partial charge in [0.05, 0.1) is 11.7 Å². The van der Waals surface area contributed by atoms with Crippen molar-refractivity contribution in [3.8, 4) is 0 Å². The smallest absolute Gasteiger partial charge is 0.0709 e. The SMILES string of the molecule is CCCCC(CC)CC(NCC)c1cnn2ccccc12. The first-order chi connectivity index (χ1) is 10.3. The van der Waals surface area contributed by atoms with Gasteiger partial charge in [0.15, 0.2) is 0 Å². The first-order valence-electron chi connectivity index (χ1n) is 8.45. The topological polar surface area (TPSA) is 29.3 Å². The molecule has 0 aromatic carbocycles. The van der Waals surface area contributed by atoms with E-state index < -0.39 is 0 Å². The van der Waals surface area contributed by atoms with E-state index in [1.54, 1.807) is 0 Å². The van der Waals surface area contributed by atoms with E-state index in [2.05, 4.69) is 43.3 Å². The van der Waals surface area contributed by atoms with Crippen molar-refractivity contribution in [2.24, 2.45) is 5.92 Å². The molecule has 0 fully saturated rings. The average molecular weight is 287 g/mol. The predicted molar refractivity (Wildman–Crippen MR) is 89.5 cm³/mol. The fourth-order valence-corrected chi connectivity index (χ4v) is 3.10. The molecule has 2 rings (SSSR count). The number of aromatic nitrogens is 2. The Morgan fingerprint density at radius 3 is 2.81 bits per heavy atom. The van der Waals surface area contributed by atoms with Crippen LogP contribution in [0.15, 0.2) is 30.6 Å². The lowest BCUT2D eigenvalue weighted by Crippen LogP contribution is -2.23. The normalized spacial score (nSPS) is 14.4. The third-order valence-corrected chi connectivity index (χ3v) is 4.39. The van der Waals surface area contributed by atoms with E-state index in [1.807, 2.05) is 23.0 Å². The van der Waals surface area contributed by atoms with Gasteiger partial charge in [-0.05, 0) is 31.0 Å². The van der Waals surface area contributed by atoms with Crippen molar-refractivity contribution in [1.29, 1.82) is 0 Å². The zero-order valence-corrected chi connectivity index (χ0v) is 13.7. The summed E-state index contributed by atoms with van der Waals surface area (Å²) in [5.74, 6) is 0.799. The van der Waals surface area contributed by atoms with Crippen LogP contribution in [0.2, 0.25) is 0 Å². The summed E-state index contributed by atoms with van der Waals surface area (Å²) >= 11 is 0. The van der Waals surface area contributed by atoms with Crippen LogP contribution in [-0.2, 0) is 0 Å². The summed E-state index contributed by atoms with van der Waals surface area (Å²) < 4.78 is 1.98. The summed E-state index contributed by atoms with van der Waals surface area (Å²) in [6.07, 6.45) is 10.5. The molecule has 1 N–H and O–H groups in total. The van der Waals surface area contributed by atoms with E-state index in [4.69, 9.17) is 0 Å². The van der Waals surface area contributed by atoms with Crippen LogP contribution in [0.3, 0.4) is 0 Å². The van der Waals surface area contributed by atoms with Crippen LogP contribution in [0.1, 0.15) is 64.5 Å². The second-order valence-electron chi connectivity index (χ2n) is 5.89. The largest absolute Gasteiger partial charge is 0.310 e. The lowest BCUT2D eigenvalue weighted by molar-refractivity contribution is 0.358. The van der Waals surface area contributed by atoms with E-state index in [1.165, 1.54) is 43.2 Å². The van der Waals surface area contributed by atoms with E-state index in [-0.39, 0.29) is 0 Å². The Bertz CT molecular complexity index is 532. The highest BCUT2D eigenvalue weighted by Gasteiger charge is 2.19. The number of unbranched alkanes of at least 4 members (excludes halogenated alkanes) is 1. The van der Waals surface area contributed by atoms with Crippen molar-refractivity contribution in [1.82, 2.24) is 14.9 Å². The second kappa shape index (κ2) is 8.18. The molecule has 2 atom stereocenters. The molecule has 2 aromatic heterocycles. The Kier molecular flexibility index (Phi) is 6.24. The Labute approximate surface area is 128 Å². The van der Waals surface area contributed by atoms with Gasteiger partial charge in [-0.15, -0.1) is 0 Å². The summed E-state index contributed by atoms with van der Waals surface area (Å²) in [5.41, 5.74) is 2.57. The molecule has 0 saturated heterocycles. The number of pyridine rings is 1. The maximum Gasteiger partial charge on any atom is 0.0709 e.